The number of halogens is 1. The lowest BCUT2D eigenvalue weighted by Gasteiger charge is -2.38. The number of carbonyl (C=O) groups excluding carboxylic acids is 1. The molecule has 1 aliphatic heterocycles. The molecule has 1 saturated heterocycles. The van der Waals surface area contributed by atoms with E-state index in [-0.39, 0.29) is 5.91 Å². The Morgan fingerprint density at radius 3 is 2.34 bits per heavy atom. The van der Waals surface area contributed by atoms with Gasteiger partial charge in [0.1, 0.15) is 18.7 Å². The third-order valence-corrected chi connectivity index (χ3v) is 5.55. The summed E-state index contributed by atoms with van der Waals surface area (Å²) in [5.74, 6) is -0.119. The minimum atomic E-state index is -0.877. The largest absolute Gasteiger partial charge is 0.389 e. The maximum absolute atomic E-state index is 13.2. The highest BCUT2D eigenvalue weighted by molar-refractivity contribution is 5.99. The van der Waals surface area contributed by atoms with Crippen LogP contribution >= 0.6 is 0 Å². The molecule has 1 N–H and O–H groups in total. The van der Waals surface area contributed by atoms with Gasteiger partial charge in [-0.2, -0.15) is 0 Å². The summed E-state index contributed by atoms with van der Waals surface area (Å²) >= 11 is 0. The summed E-state index contributed by atoms with van der Waals surface area (Å²) in [6, 6.07) is 12.4. The van der Waals surface area contributed by atoms with Gasteiger partial charge in [0.15, 0.2) is 0 Å². The van der Waals surface area contributed by atoms with Crippen molar-refractivity contribution in [2.75, 3.05) is 13.1 Å². The van der Waals surface area contributed by atoms with Gasteiger partial charge in [-0.25, -0.2) is 14.4 Å². The molecule has 1 fully saturated rings. The smallest absolute Gasteiger partial charge is 0.256 e. The molecule has 0 saturated carbocycles. The minimum absolute atomic E-state index is 0.119. The first kappa shape index (κ1) is 23.5. The molecule has 0 spiro atoms. The van der Waals surface area contributed by atoms with Crippen LogP contribution in [-0.2, 0) is 13.1 Å². The van der Waals surface area contributed by atoms with E-state index in [9.17, 15) is 14.3 Å². The number of piperidine rings is 1. The normalized spacial score (nSPS) is 14.9. The molecule has 0 bridgehead atoms. The average molecular weight is 437 g/mol. The molecule has 3 heterocycles. The Morgan fingerprint density at radius 2 is 1.72 bits per heavy atom. The van der Waals surface area contributed by atoms with Crippen LogP contribution in [0, 0.1) is 0 Å². The number of rotatable bonds is 5. The summed E-state index contributed by atoms with van der Waals surface area (Å²) in [6.07, 6.45) is 6.13. The van der Waals surface area contributed by atoms with Crippen molar-refractivity contribution in [3.63, 3.8) is 0 Å². The van der Waals surface area contributed by atoms with Crippen LogP contribution in [0.2, 0.25) is 0 Å². The molecule has 0 atom stereocenters. The zero-order valence-corrected chi connectivity index (χ0v) is 18.5. The number of nitrogens with zero attached hydrogens (tertiary/aromatic N) is 4. The van der Waals surface area contributed by atoms with Crippen molar-refractivity contribution < 1.29 is 14.3 Å². The number of hydrogen-bond donors (Lipinski definition) is 1. The number of benzene rings is 1. The molecule has 1 amide bonds. The summed E-state index contributed by atoms with van der Waals surface area (Å²) in [6.45, 7) is 4.42. The second-order valence-electron chi connectivity index (χ2n) is 7.64. The van der Waals surface area contributed by atoms with E-state index in [1.165, 1.54) is 6.33 Å². The van der Waals surface area contributed by atoms with Crippen LogP contribution in [0.25, 0.3) is 11.4 Å². The fourth-order valence-corrected chi connectivity index (χ4v) is 3.81. The number of amides is 1. The fraction of sp³-hybridized carbons (Fsp3) is 0.360. The number of hydrogen-bond acceptors (Lipinski definition) is 5. The molecule has 1 aliphatic rings. The maximum atomic E-state index is 13.2. The zero-order chi connectivity index (χ0) is 23.0. The van der Waals surface area contributed by atoms with E-state index in [1.807, 2.05) is 26.0 Å². The lowest BCUT2D eigenvalue weighted by molar-refractivity contribution is -0.0162. The van der Waals surface area contributed by atoms with Gasteiger partial charge in [0.05, 0.1) is 16.9 Å². The number of likely N-dealkylation sites (tertiary alicyclic amines) is 1. The van der Waals surface area contributed by atoms with Gasteiger partial charge in [0.2, 0.25) is 0 Å². The topological polar surface area (TPSA) is 79.2 Å². The molecular formula is C25H29FN4O2. The van der Waals surface area contributed by atoms with Gasteiger partial charge in [0.25, 0.3) is 5.91 Å². The van der Waals surface area contributed by atoms with E-state index in [1.54, 1.807) is 47.6 Å². The minimum Gasteiger partial charge on any atom is -0.389 e. The van der Waals surface area contributed by atoms with Crippen molar-refractivity contribution in [2.45, 2.75) is 45.4 Å². The molecule has 7 heteroatoms. The van der Waals surface area contributed by atoms with E-state index < -0.39 is 12.3 Å². The van der Waals surface area contributed by atoms with Gasteiger partial charge < -0.3 is 10.0 Å². The quantitative estimate of drug-likeness (QED) is 0.647. The van der Waals surface area contributed by atoms with Crippen molar-refractivity contribution in [1.82, 2.24) is 19.9 Å². The van der Waals surface area contributed by atoms with E-state index in [2.05, 4.69) is 15.0 Å². The predicted octanol–water partition coefficient (Wildman–Crippen LogP) is 4.24. The standard InChI is InChI=1S/C23H23FN4O2.C2H6/c24-15-18-5-3-17(4-6-18)14-23(30)8-12-28(13-9-23)22(29)19-2-1-10-26-21(19)20-7-11-25-16-27-20;1-2/h1-7,10-11,16,30H,8-9,12-15H2;1-2H3. The molecule has 32 heavy (non-hydrogen) atoms. The molecule has 0 radical (unpaired) electrons. The van der Waals surface area contributed by atoms with Gasteiger partial charge in [0, 0.05) is 31.9 Å². The van der Waals surface area contributed by atoms with E-state index in [4.69, 9.17) is 0 Å². The highest BCUT2D eigenvalue weighted by Crippen LogP contribution is 2.28. The first-order chi connectivity index (χ1) is 15.6. The Kier molecular flexibility index (Phi) is 8.00. The lowest BCUT2D eigenvalue weighted by Crippen LogP contribution is -2.47. The van der Waals surface area contributed by atoms with Crippen molar-refractivity contribution >= 4 is 5.91 Å². The molecule has 3 aromatic rings. The molecule has 6 nitrogen and oxygen atoms in total. The van der Waals surface area contributed by atoms with Crippen LogP contribution in [-0.4, -0.2) is 49.6 Å². The van der Waals surface area contributed by atoms with Crippen LogP contribution in [0.5, 0.6) is 0 Å². The van der Waals surface area contributed by atoms with Crippen molar-refractivity contribution in [2.24, 2.45) is 0 Å². The Labute approximate surface area is 188 Å². The second kappa shape index (κ2) is 10.9. The first-order valence-electron chi connectivity index (χ1n) is 10.9. The third-order valence-electron chi connectivity index (χ3n) is 5.55. The van der Waals surface area contributed by atoms with Crippen LogP contribution in [0.4, 0.5) is 4.39 Å². The van der Waals surface area contributed by atoms with Gasteiger partial charge in [-0.1, -0.05) is 38.1 Å². The highest BCUT2D eigenvalue weighted by Gasteiger charge is 2.35. The number of aromatic nitrogens is 3. The van der Waals surface area contributed by atoms with Gasteiger partial charge in [-0.05, 0) is 42.2 Å². The van der Waals surface area contributed by atoms with Crippen LogP contribution in [0.3, 0.4) is 0 Å². The molecule has 2 aromatic heterocycles. The van der Waals surface area contributed by atoms with Gasteiger partial charge >= 0.3 is 0 Å². The number of alkyl halides is 1. The SMILES string of the molecule is CC.O=C(c1cccnc1-c1ccncn1)N1CCC(O)(Cc2ccc(CF)cc2)CC1. The van der Waals surface area contributed by atoms with Crippen molar-refractivity contribution in [1.29, 1.82) is 0 Å². The van der Waals surface area contributed by atoms with Crippen LogP contribution in [0.15, 0.2) is 61.2 Å². The van der Waals surface area contributed by atoms with E-state index in [0.717, 1.165) is 5.56 Å². The predicted molar refractivity (Wildman–Crippen MR) is 122 cm³/mol. The Hall–Kier alpha value is -3.19. The summed E-state index contributed by atoms with van der Waals surface area (Å²) in [5, 5.41) is 11.0. The molecule has 1 aromatic carbocycles. The second-order valence-corrected chi connectivity index (χ2v) is 7.64. The maximum Gasteiger partial charge on any atom is 0.256 e. The Morgan fingerprint density at radius 1 is 1.03 bits per heavy atom. The Balaban J connectivity index is 0.00000141. The molecule has 4 rings (SSSR count). The third kappa shape index (κ3) is 5.53. The molecular weight excluding hydrogens is 407 g/mol. The fourth-order valence-electron chi connectivity index (χ4n) is 3.81. The molecule has 0 aliphatic carbocycles. The monoisotopic (exact) mass is 436 g/mol. The van der Waals surface area contributed by atoms with Gasteiger partial charge in [-0.3, -0.25) is 9.78 Å². The highest BCUT2D eigenvalue weighted by atomic mass is 19.1. The summed E-state index contributed by atoms with van der Waals surface area (Å²) in [5.41, 5.74) is 2.33. The lowest BCUT2D eigenvalue weighted by atomic mass is 9.85. The average Bonchev–Trinajstić information content (AvgIpc) is 2.86. The molecule has 0 unspecified atom stereocenters. The summed E-state index contributed by atoms with van der Waals surface area (Å²) < 4.78 is 12.7. The van der Waals surface area contributed by atoms with Crippen LogP contribution < -0.4 is 0 Å². The van der Waals surface area contributed by atoms with E-state index in [0.29, 0.717) is 54.9 Å². The van der Waals surface area contributed by atoms with E-state index >= 15 is 0 Å². The Bertz CT molecular complexity index is 1000. The molecule has 168 valence electrons. The zero-order valence-electron chi connectivity index (χ0n) is 18.5. The number of pyridine rings is 1. The number of carbonyl (C=O) groups is 1. The first-order valence-corrected chi connectivity index (χ1v) is 10.9. The van der Waals surface area contributed by atoms with Gasteiger partial charge in [-0.15, -0.1) is 0 Å². The van der Waals surface area contributed by atoms with Crippen molar-refractivity contribution in [3.8, 4) is 11.4 Å². The van der Waals surface area contributed by atoms with Crippen LogP contribution in [0.1, 0.15) is 48.2 Å². The summed E-state index contributed by atoms with van der Waals surface area (Å²) in [4.78, 5) is 27.4. The number of aliphatic hydroxyl groups is 1. The summed E-state index contributed by atoms with van der Waals surface area (Å²) in [7, 11) is 0. The van der Waals surface area contributed by atoms with Crippen molar-refractivity contribution in [3.05, 3.63) is 77.9 Å².